The summed E-state index contributed by atoms with van der Waals surface area (Å²) < 4.78 is 0. The van der Waals surface area contributed by atoms with Gasteiger partial charge in [0.1, 0.15) is 0 Å². The molecule has 0 aliphatic carbocycles. The molecule has 0 aromatic carbocycles. The van der Waals surface area contributed by atoms with Gasteiger partial charge in [-0.25, -0.2) is 4.79 Å². The molecule has 2 amide bonds. The Kier molecular flexibility index (Phi) is 3.11. The van der Waals surface area contributed by atoms with Crippen LogP contribution >= 0.6 is 0 Å². The molecule has 0 radical (unpaired) electrons. The Labute approximate surface area is 78.1 Å². The van der Waals surface area contributed by atoms with E-state index in [-0.39, 0.29) is 6.04 Å². The Balaban J connectivity index is 2.55. The van der Waals surface area contributed by atoms with Gasteiger partial charge < -0.3 is 20.6 Å². The molecule has 76 valence electrons. The fourth-order valence-corrected chi connectivity index (χ4v) is 1.76. The van der Waals surface area contributed by atoms with Crippen molar-refractivity contribution < 1.29 is 9.90 Å². The maximum Gasteiger partial charge on any atom is 0.315 e. The number of hydrogen-bond acceptors (Lipinski definition) is 3. The number of carbonyl (C=O) groups is 1. The molecule has 0 aromatic heterocycles. The lowest BCUT2D eigenvalue weighted by Gasteiger charge is -2.24. The molecule has 5 heteroatoms. The van der Waals surface area contributed by atoms with Gasteiger partial charge in [0.2, 0.25) is 0 Å². The summed E-state index contributed by atoms with van der Waals surface area (Å²) in [6.45, 7) is 1.12. The monoisotopic (exact) mass is 187 g/mol. The predicted molar refractivity (Wildman–Crippen MR) is 49.3 cm³/mol. The molecule has 5 nitrogen and oxygen atoms in total. The SMILES string of the molecule is CN(C)CC1CC(O)CN1C(N)=O. The van der Waals surface area contributed by atoms with Crippen molar-refractivity contribution in [2.45, 2.75) is 18.6 Å². The summed E-state index contributed by atoms with van der Waals surface area (Å²) in [6, 6.07) is -0.383. The molecule has 1 rings (SSSR count). The first-order valence-corrected chi connectivity index (χ1v) is 4.39. The van der Waals surface area contributed by atoms with Crippen LogP contribution in [0.3, 0.4) is 0 Å². The van der Waals surface area contributed by atoms with Crippen LogP contribution in [0, 0.1) is 0 Å². The van der Waals surface area contributed by atoms with Crippen molar-refractivity contribution in [2.75, 3.05) is 27.2 Å². The van der Waals surface area contributed by atoms with E-state index in [1.807, 2.05) is 19.0 Å². The highest BCUT2D eigenvalue weighted by molar-refractivity contribution is 5.72. The van der Waals surface area contributed by atoms with Crippen LogP contribution in [0.4, 0.5) is 4.79 Å². The standard InChI is InChI=1S/C8H17N3O2/c1-10(2)4-6-3-7(12)5-11(6)8(9)13/h6-7,12H,3-5H2,1-2H3,(H2,9,13). The number of aliphatic hydroxyl groups excluding tert-OH is 1. The van der Waals surface area contributed by atoms with Crippen LogP contribution in [0.15, 0.2) is 0 Å². The molecule has 0 spiro atoms. The van der Waals surface area contributed by atoms with Gasteiger partial charge in [-0.1, -0.05) is 0 Å². The molecular formula is C8H17N3O2. The van der Waals surface area contributed by atoms with Crippen molar-refractivity contribution in [3.8, 4) is 0 Å². The number of nitrogens with zero attached hydrogens (tertiary/aromatic N) is 2. The van der Waals surface area contributed by atoms with Gasteiger partial charge in [0, 0.05) is 19.1 Å². The van der Waals surface area contributed by atoms with E-state index in [2.05, 4.69) is 0 Å². The summed E-state index contributed by atoms with van der Waals surface area (Å²) in [4.78, 5) is 14.5. The van der Waals surface area contributed by atoms with Gasteiger partial charge in [-0.05, 0) is 20.5 Å². The summed E-state index contributed by atoms with van der Waals surface area (Å²) >= 11 is 0. The molecule has 0 aromatic rings. The zero-order valence-corrected chi connectivity index (χ0v) is 8.10. The Morgan fingerprint density at radius 2 is 2.31 bits per heavy atom. The molecule has 1 saturated heterocycles. The number of urea groups is 1. The number of rotatable bonds is 2. The van der Waals surface area contributed by atoms with Crippen LogP contribution in [0.5, 0.6) is 0 Å². The summed E-state index contributed by atoms with van der Waals surface area (Å²) in [5, 5.41) is 9.36. The lowest BCUT2D eigenvalue weighted by molar-refractivity contribution is 0.172. The summed E-state index contributed by atoms with van der Waals surface area (Å²) in [6.07, 6.45) is 0.207. The van der Waals surface area contributed by atoms with Crippen LogP contribution in [0.1, 0.15) is 6.42 Å². The van der Waals surface area contributed by atoms with Crippen molar-refractivity contribution in [3.63, 3.8) is 0 Å². The van der Waals surface area contributed by atoms with Gasteiger partial charge in [-0.15, -0.1) is 0 Å². The van der Waals surface area contributed by atoms with Crippen molar-refractivity contribution in [2.24, 2.45) is 5.73 Å². The highest BCUT2D eigenvalue weighted by Gasteiger charge is 2.33. The van der Waals surface area contributed by atoms with Gasteiger partial charge in [-0.2, -0.15) is 0 Å². The Bertz CT molecular complexity index is 196. The first-order chi connectivity index (χ1) is 6.00. The predicted octanol–water partition coefficient (Wildman–Crippen LogP) is -0.938. The summed E-state index contributed by atoms with van der Waals surface area (Å²) in [5.74, 6) is 0. The van der Waals surface area contributed by atoms with E-state index in [9.17, 15) is 9.90 Å². The van der Waals surface area contributed by atoms with Crippen LogP contribution in [0.25, 0.3) is 0 Å². The minimum Gasteiger partial charge on any atom is -0.391 e. The highest BCUT2D eigenvalue weighted by Crippen LogP contribution is 2.17. The van der Waals surface area contributed by atoms with E-state index in [4.69, 9.17) is 5.73 Å². The number of amides is 2. The second-order valence-corrected chi connectivity index (χ2v) is 3.80. The number of carbonyl (C=O) groups excluding carboxylic acids is 1. The van der Waals surface area contributed by atoms with Gasteiger partial charge in [0.05, 0.1) is 6.10 Å². The average Bonchev–Trinajstić information content (AvgIpc) is 2.29. The third-order valence-corrected chi connectivity index (χ3v) is 2.25. The first kappa shape index (κ1) is 10.3. The third-order valence-electron chi connectivity index (χ3n) is 2.25. The molecule has 1 aliphatic rings. The minimum absolute atomic E-state index is 0.0579. The molecule has 0 saturated carbocycles. The van der Waals surface area contributed by atoms with Gasteiger partial charge in [-0.3, -0.25) is 0 Å². The molecule has 1 aliphatic heterocycles. The maximum atomic E-state index is 11.0. The number of hydrogen-bond donors (Lipinski definition) is 2. The molecule has 2 atom stereocenters. The van der Waals surface area contributed by atoms with Crippen LogP contribution in [0.2, 0.25) is 0 Å². The van der Waals surface area contributed by atoms with Crippen LogP contribution in [-0.2, 0) is 0 Å². The Morgan fingerprint density at radius 3 is 2.77 bits per heavy atom. The quantitative estimate of drug-likeness (QED) is 0.586. The van der Waals surface area contributed by atoms with E-state index in [1.165, 1.54) is 4.90 Å². The van der Waals surface area contributed by atoms with E-state index >= 15 is 0 Å². The normalized spacial score (nSPS) is 28.5. The second-order valence-electron chi connectivity index (χ2n) is 3.80. The first-order valence-electron chi connectivity index (χ1n) is 4.39. The van der Waals surface area contributed by atoms with Crippen LogP contribution in [-0.4, -0.2) is 60.3 Å². The lowest BCUT2D eigenvalue weighted by atomic mass is 10.2. The largest absolute Gasteiger partial charge is 0.391 e. The molecule has 1 fully saturated rings. The van der Waals surface area contributed by atoms with Crippen molar-refractivity contribution >= 4 is 6.03 Å². The Morgan fingerprint density at radius 1 is 1.69 bits per heavy atom. The molecular weight excluding hydrogens is 170 g/mol. The maximum absolute atomic E-state index is 11.0. The van der Waals surface area contributed by atoms with Gasteiger partial charge in [0.15, 0.2) is 0 Å². The number of β-amino-alcohol motifs (C(OH)–C–C–N with tert-alkyl or cyclic N) is 1. The fourth-order valence-electron chi connectivity index (χ4n) is 1.76. The van der Waals surface area contributed by atoms with Crippen LogP contribution < -0.4 is 5.73 Å². The molecule has 3 N–H and O–H groups in total. The van der Waals surface area contributed by atoms with E-state index < -0.39 is 12.1 Å². The topological polar surface area (TPSA) is 69.8 Å². The molecule has 2 unspecified atom stereocenters. The lowest BCUT2D eigenvalue weighted by Crippen LogP contribution is -2.44. The molecule has 13 heavy (non-hydrogen) atoms. The van der Waals surface area contributed by atoms with Gasteiger partial charge in [0.25, 0.3) is 0 Å². The zero-order chi connectivity index (χ0) is 10.0. The number of likely N-dealkylation sites (tertiary alicyclic amines) is 1. The van der Waals surface area contributed by atoms with Crippen molar-refractivity contribution in [3.05, 3.63) is 0 Å². The molecule has 1 heterocycles. The second kappa shape index (κ2) is 3.93. The fraction of sp³-hybridized carbons (Fsp3) is 0.875. The minimum atomic E-state index is -0.441. The molecule has 0 bridgehead atoms. The summed E-state index contributed by atoms with van der Waals surface area (Å²) in [5.41, 5.74) is 5.18. The van der Waals surface area contributed by atoms with Crippen molar-refractivity contribution in [1.29, 1.82) is 0 Å². The third kappa shape index (κ3) is 2.57. The number of nitrogens with two attached hydrogens (primary N) is 1. The Hall–Kier alpha value is -0.810. The average molecular weight is 187 g/mol. The smallest absolute Gasteiger partial charge is 0.315 e. The zero-order valence-electron chi connectivity index (χ0n) is 8.10. The van der Waals surface area contributed by atoms with Gasteiger partial charge >= 0.3 is 6.03 Å². The van der Waals surface area contributed by atoms with Crippen molar-refractivity contribution in [1.82, 2.24) is 9.80 Å². The van der Waals surface area contributed by atoms with E-state index in [0.717, 1.165) is 6.54 Å². The van der Waals surface area contributed by atoms with E-state index in [0.29, 0.717) is 13.0 Å². The summed E-state index contributed by atoms with van der Waals surface area (Å²) in [7, 11) is 3.87. The number of likely N-dealkylation sites (N-methyl/N-ethyl adjacent to an activating group) is 1. The number of aliphatic hydroxyl groups is 1. The highest BCUT2D eigenvalue weighted by atomic mass is 16.3. The number of primary amides is 1. The van der Waals surface area contributed by atoms with E-state index in [1.54, 1.807) is 0 Å².